The molecular weight excluding hydrogens is 414 g/mol. The summed E-state index contributed by atoms with van der Waals surface area (Å²) in [6.07, 6.45) is 4.61. The number of amides is 2. The minimum atomic E-state index is -0.144. The SMILES string of the molecule is Cc1cc(NC(=O)N2CCc3c(N4CCN[C@@H](C)C4)ccnc32)cc2cn(C)nc12.Cl. The Balaban J connectivity index is 0.00000231. The van der Waals surface area contributed by atoms with Crippen molar-refractivity contribution in [2.24, 2.45) is 7.05 Å². The van der Waals surface area contributed by atoms with E-state index in [4.69, 9.17) is 0 Å². The van der Waals surface area contributed by atoms with Gasteiger partial charge in [0.2, 0.25) is 0 Å². The first kappa shape index (κ1) is 21.4. The number of nitrogens with one attached hydrogen (secondary N) is 2. The predicted molar refractivity (Wildman–Crippen MR) is 127 cm³/mol. The number of carbonyl (C=O) groups excluding carboxylic acids is 1. The Hall–Kier alpha value is -2.84. The van der Waals surface area contributed by atoms with Gasteiger partial charge in [0.25, 0.3) is 0 Å². The van der Waals surface area contributed by atoms with Crippen LogP contribution < -0.4 is 20.4 Å². The zero-order valence-corrected chi connectivity index (χ0v) is 18.9. The molecule has 3 aromatic rings. The lowest BCUT2D eigenvalue weighted by Crippen LogP contribution is -2.49. The Morgan fingerprint density at radius 2 is 2.13 bits per heavy atom. The van der Waals surface area contributed by atoms with Crippen LogP contribution in [0.4, 0.5) is 22.0 Å². The molecule has 1 atom stereocenters. The zero-order chi connectivity index (χ0) is 20.8. The number of carbonyl (C=O) groups is 1. The summed E-state index contributed by atoms with van der Waals surface area (Å²) < 4.78 is 1.79. The Morgan fingerprint density at radius 3 is 2.94 bits per heavy atom. The van der Waals surface area contributed by atoms with Gasteiger partial charge in [-0.3, -0.25) is 9.58 Å². The first-order valence-electron chi connectivity index (χ1n) is 10.5. The van der Waals surface area contributed by atoms with E-state index >= 15 is 0 Å². The van der Waals surface area contributed by atoms with Crippen molar-refractivity contribution in [3.63, 3.8) is 0 Å². The third-order valence-corrected chi connectivity index (χ3v) is 5.97. The van der Waals surface area contributed by atoms with Gasteiger partial charge in [-0.15, -0.1) is 12.4 Å². The molecule has 0 saturated carbocycles. The fraction of sp³-hybridized carbons (Fsp3) is 0.409. The number of pyridine rings is 1. The Morgan fingerprint density at radius 1 is 1.29 bits per heavy atom. The quantitative estimate of drug-likeness (QED) is 0.639. The molecule has 2 aromatic heterocycles. The van der Waals surface area contributed by atoms with Gasteiger partial charge in [0.1, 0.15) is 5.82 Å². The van der Waals surface area contributed by atoms with E-state index in [0.29, 0.717) is 12.6 Å². The molecule has 4 heterocycles. The number of hydrogen-bond acceptors (Lipinski definition) is 5. The van der Waals surface area contributed by atoms with E-state index in [1.54, 1.807) is 9.58 Å². The lowest BCUT2D eigenvalue weighted by Gasteiger charge is -2.34. The molecule has 9 heteroatoms. The van der Waals surface area contributed by atoms with Crippen LogP contribution in [0.1, 0.15) is 18.1 Å². The van der Waals surface area contributed by atoms with Crippen molar-refractivity contribution in [3.05, 3.63) is 41.7 Å². The Bertz CT molecular complexity index is 1130. The molecule has 0 aliphatic carbocycles. The second kappa shape index (κ2) is 8.36. The van der Waals surface area contributed by atoms with Gasteiger partial charge in [0.15, 0.2) is 0 Å². The van der Waals surface area contributed by atoms with E-state index in [0.717, 1.165) is 54.0 Å². The molecule has 2 aliphatic rings. The van der Waals surface area contributed by atoms with Gasteiger partial charge in [-0.25, -0.2) is 9.78 Å². The minimum Gasteiger partial charge on any atom is -0.368 e. The smallest absolute Gasteiger partial charge is 0.327 e. The number of fused-ring (bicyclic) bond motifs is 2. The maximum Gasteiger partial charge on any atom is 0.327 e. The lowest BCUT2D eigenvalue weighted by molar-refractivity contribution is 0.257. The standard InChI is InChI=1S/C22H27N7O.ClH/c1-14-10-17(11-16-13-27(3)26-20(14)16)25-22(30)29-8-5-18-19(4-6-24-21(18)29)28-9-7-23-15(2)12-28;/h4,6,10-11,13,15,23H,5,7-9,12H2,1-3H3,(H,25,30);1H/t15-;/m0./s1. The summed E-state index contributed by atoms with van der Waals surface area (Å²) >= 11 is 0. The van der Waals surface area contributed by atoms with E-state index in [1.165, 1.54) is 11.3 Å². The number of piperazine rings is 1. The fourth-order valence-electron chi connectivity index (χ4n) is 4.61. The predicted octanol–water partition coefficient (Wildman–Crippen LogP) is 3.09. The number of anilines is 3. The first-order valence-corrected chi connectivity index (χ1v) is 10.5. The number of aromatic nitrogens is 3. The molecule has 0 spiro atoms. The number of urea groups is 1. The molecule has 1 aromatic carbocycles. The molecule has 2 amide bonds. The third-order valence-electron chi connectivity index (χ3n) is 5.97. The van der Waals surface area contributed by atoms with Crippen molar-refractivity contribution in [3.8, 4) is 0 Å². The van der Waals surface area contributed by atoms with Crippen molar-refractivity contribution >= 4 is 46.5 Å². The van der Waals surface area contributed by atoms with E-state index in [-0.39, 0.29) is 18.4 Å². The largest absolute Gasteiger partial charge is 0.368 e. The average molecular weight is 442 g/mol. The molecule has 1 saturated heterocycles. The average Bonchev–Trinajstić information content (AvgIpc) is 3.31. The number of hydrogen-bond donors (Lipinski definition) is 2. The normalized spacial score (nSPS) is 18.1. The summed E-state index contributed by atoms with van der Waals surface area (Å²) in [6.45, 7) is 7.76. The van der Waals surface area contributed by atoms with Crippen molar-refractivity contribution in [2.75, 3.05) is 41.3 Å². The van der Waals surface area contributed by atoms with Crippen LogP contribution >= 0.6 is 12.4 Å². The van der Waals surface area contributed by atoms with Crippen LogP contribution in [-0.4, -0.2) is 53.0 Å². The van der Waals surface area contributed by atoms with Crippen LogP contribution in [0.5, 0.6) is 0 Å². The van der Waals surface area contributed by atoms with Gasteiger partial charge in [0, 0.05) is 74.0 Å². The lowest BCUT2D eigenvalue weighted by atomic mass is 10.1. The first-order chi connectivity index (χ1) is 14.5. The molecule has 0 bridgehead atoms. The van der Waals surface area contributed by atoms with Crippen LogP contribution in [0.25, 0.3) is 10.9 Å². The molecule has 0 unspecified atom stereocenters. The van der Waals surface area contributed by atoms with Crippen LogP contribution in [0.15, 0.2) is 30.6 Å². The van der Waals surface area contributed by atoms with E-state index in [1.807, 2.05) is 38.5 Å². The Labute approximate surface area is 188 Å². The molecule has 2 N–H and O–H groups in total. The molecule has 8 nitrogen and oxygen atoms in total. The summed E-state index contributed by atoms with van der Waals surface area (Å²) in [5.74, 6) is 0.773. The number of rotatable bonds is 2. The number of benzene rings is 1. The van der Waals surface area contributed by atoms with Gasteiger partial charge >= 0.3 is 6.03 Å². The van der Waals surface area contributed by atoms with Gasteiger partial charge in [-0.2, -0.15) is 5.10 Å². The van der Waals surface area contributed by atoms with E-state index < -0.39 is 0 Å². The maximum atomic E-state index is 13.1. The van der Waals surface area contributed by atoms with Crippen LogP contribution in [0.2, 0.25) is 0 Å². The number of nitrogens with zero attached hydrogens (tertiary/aromatic N) is 5. The van der Waals surface area contributed by atoms with E-state index in [9.17, 15) is 4.79 Å². The van der Waals surface area contributed by atoms with Gasteiger partial charge in [-0.05, 0) is 44.0 Å². The highest BCUT2D eigenvalue weighted by atomic mass is 35.5. The van der Waals surface area contributed by atoms with Gasteiger partial charge < -0.3 is 15.5 Å². The molecule has 2 aliphatic heterocycles. The summed E-state index contributed by atoms with van der Waals surface area (Å²) in [5.41, 5.74) is 5.15. The minimum absolute atomic E-state index is 0. The summed E-state index contributed by atoms with van der Waals surface area (Å²) in [6, 6.07) is 6.33. The summed E-state index contributed by atoms with van der Waals surface area (Å²) in [4.78, 5) is 21.8. The second-order valence-electron chi connectivity index (χ2n) is 8.30. The molecule has 31 heavy (non-hydrogen) atoms. The molecule has 5 rings (SSSR count). The van der Waals surface area contributed by atoms with Crippen molar-refractivity contribution in [1.82, 2.24) is 20.1 Å². The van der Waals surface area contributed by atoms with Crippen molar-refractivity contribution in [1.29, 1.82) is 0 Å². The highest BCUT2D eigenvalue weighted by molar-refractivity contribution is 6.04. The van der Waals surface area contributed by atoms with Crippen LogP contribution in [0, 0.1) is 6.92 Å². The third kappa shape index (κ3) is 3.93. The van der Waals surface area contributed by atoms with Gasteiger partial charge in [-0.1, -0.05) is 0 Å². The van der Waals surface area contributed by atoms with Gasteiger partial charge in [0.05, 0.1) is 5.52 Å². The highest BCUT2D eigenvalue weighted by Crippen LogP contribution is 2.34. The fourth-order valence-corrected chi connectivity index (χ4v) is 4.61. The summed E-state index contributed by atoms with van der Waals surface area (Å²) in [7, 11) is 1.90. The second-order valence-corrected chi connectivity index (χ2v) is 8.30. The van der Waals surface area contributed by atoms with Crippen LogP contribution in [-0.2, 0) is 13.5 Å². The highest BCUT2D eigenvalue weighted by Gasteiger charge is 2.30. The molecule has 164 valence electrons. The number of halogens is 1. The molecular formula is C22H28ClN7O. The van der Waals surface area contributed by atoms with Crippen LogP contribution in [0.3, 0.4) is 0 Å². The molecule has 1 fully saturated rings. The molecule has 0 radical (unpaired) electrons. The van der Waals surface area contributed by atoms with Crippen molar-refractivity contribution < 1.29 is 4.79 Å². The summed E-state index contributed by atoms with van der Waals surface area (Å²) in [5, 5.41) is 12.0. The number of aryl methyl sites for hydroxylation is 2. The van der Waals surface area contributed by atoms with Crippen molar-refractivity contribution in [2.45, 2.75) is 26.3 Å². The van der Waals surface area contributed by atoms with E-state index in [2.05, 4.69) is 38.6 Å². The maximum absolute atomic E-state index is 13.1. The zero-order valence-electron chi connectivity index (χ0n) is 18.1. The Kier molecular flexibility index (Phi) is 5.77. The topological polar surface area (TPSA) is 78.3 Å². The monoisotopic (exact) mass is 441 g/mol.